The Morgan fingerprint density at radius 1 is 1.08 bits per heavy atom. The number of carbonyl (C=O) groups is 2. The number of aliphatic carboxylic acids is 1. The van der Waals surface area contributed by atoms with Crippen molar-refractivity contribution in [2.45, 2.75) is 58.9 Å². The number of carbonyl (C=O) groups excluding carboxylic acids is 1. The predicted molar refractivity (Wildman–Crippen MR) is 147 cm³/mol. The summed E-state index contributed by atoms with van der Waals surface area (Å²) in [4.78, 5) is 26.9. The predicted octanol–water partition coefficient (Wildman–Crippen LogP) is 6.55. The van der Waals surface area contributed by atoms with E-state index in [2.05, 4.69) is 29.4 Å². The Morgan fingerprint density at radius 3 is 2.39 bits per heavy atom. The van der Waals surface area contributed by atoms with Gasteiger partial charge in [-0.15, -0.1) is 0 Å². The molecule has 0 spiro atoms. The minimum absolute atomic E-state index is 0.152. The number of carboxylic acid groups (broad SMARTS) is 1. The molecule has 0 heterocycles. The van der Waals surface area contributed by atoms with Gasteiger partial charge in [0.2, 0.25) is 0 Å². The van der Waals surface area contributed by atoms with E-state index >= 15 is 0 Å². The van der Waals surface area contributed by atoms with E-state index in [9.17, 15) is 14.7 Å². The maximum absolute atomic E-state index is 13.1. The molecule has 36 heavy (non-hydrogen) atoms. The van der Waals surface area contributed by atoms with Crippen LogP contribution in [-0.2, 0) is 9.53 Å². The molecular formula is C29H39N3O4. The van der Waals surface area contributed by atoms with E-state index in [1.54, 1.807) is 0 Å². The van der Waals surface area contributed by atoms with Crippen molar-refractivity contribution in [2.75, 3.05) is 35.8 Å². The molecule has 0 unspecified atom stereocenters. The van der Waals surface area contributed by atoms with Gasteiger partial charge in [0.05, 0.1) is 18.0 Å². The van der Waals surface area contributed by atoms with Crippen LogP contribution in [0.25, 0.3) is 5.57 Å². The third-order valence-corrected chi connectivity index (χ3v) is 6.41. The lowest BCUT2D eigenvalue weighted by Gasteiger charge is -2.38. The zero-order chi connectivity index (χ0) is 26.1. The number of amides is 2. The maximum atomic E-state index is 13.1. The van der Waals surface area contributed by atoms with Crippen LogP contribution in [0.4, 0.5) is 21.9 Å². The second-order valence-corrected chi connectivity index (χ2v) is 9.96. The molecule has 3 N–H and O–H groups in total. The normalized spacial score (nSPS) is 14.5. The third-order valence-electron chi connectivity index (χ3n) is 6.41. The number of hydrogen-bond acceptors (Lipinski definition) is 4. The van der Waals surface area contributed by atoms with Gasteiger partial charge in [0.15, 0.2) is 0 Å². The van der Waals surface area contributed by atoms with Gasteiger partial charge in [-0.1, -0.05) is 56.9 Å². The summed E-state index contributed by atoms with van der Waals surface area (Å²) in [5.74, 6) is -0.599. The Morgan fingerprint density at radius 2 is 1.78 bits per heavy atom. The molecule has 1 fully saturated rings. The molecule has 2 amide bonds. The molecule has 0 atom stereocenters. The van der Waals surface area contributed by atoms with E-state index in [0.29, 0.717) is 34.5 Å². The molecule has 3 rings (SSSR count). The summed E-state index contributed by atoms with van der Waals surface area (Å²) in [7, 11) is 1.53. The van der Waals surface area contributed by atoms with Crippen molar-refractivity contribution < 1.29 is 19.4 Å². The maximum Gasteiger partial charge on any atom is 0.328 e. The van der Waals surface area contributed by atoms with Crippen LogP contribution in [0, 0.1) is 12.8 Å². The minimum Gasteiger partial charge on any atom is -0.478 e. The Balaban J connectivity index is 2.00. The van der Waals surface area contributed by atoms with Crippen LogP contribution < -0.4 is 15.5 Å². The first-order chi connectivity index (χ1) is 17.3. The molecule has 2 aromatic carbocycles. The van der Waals surface area contributed by atoms with Crippen molar-refractivity contribution in [1.82, 2.24) is 0 Å². The number of nitrogens with zero attached hydrogens (tertiary/aromatic N) is 1. The molecule has 0 bridgehead atoms. The topological polar surface area (TPSA) is 90.9 Å². The lowest BCUT2D eigenvalue weighted by molar-refractivity contribution is -0.131. The van der Waals surface area contributed by atoms with E-state index in [-0.39, 0.29) is 12.6 Å². The summed E-state index contributed by atoms with van der Waals surface area (Å²) < 4.78 is 5.25. The summed E-state index contributed by atoms with van der Waals surface area (Å²) in [6.45, 7) is 7.42. The molecule has 194 valence electrons. The Hall–Kier alpha value is -3.32. The number of anilines is 3. The Kier molecular flexibility index (Phi) is 9.94. The first kappa shape index (κ1) is 27.3. The average Bonchev–Trinajstić information content (AvgIpc) is 2.84. The van der Waals surface area contributed by atoms with Crippen LogP contribution in [0.3, 0.4) is 0 Å². The molecular weight excluding hydrogens is 454 g/mol. The monoisotopic (exact) mass is 493 g/mol. The second-order valence-electron chi connectivity index (χ2n) is 9.96. The molecule has 1 saturated carbocycles. The lowest BCUT2D eigenvalue weighted by atomic mass is 9.92. The van der Waals surface area contributed by atoms with Gasteiger partial charge < -0.3 is 25.4 Å². The van der Waals surface area contributed by atoms with Gasteiger partial charge in [0.1, 0.15) is 0 Å². The molecule has 7 heteroatoms. The average molecular weight is 494 g/mol. The van der Waals surface area contributed by atoms with E-state index in [1.807, 2.05) is 49.4 Å². The van der Waals surface area contributed by atoms with E-state index in [4.69, 9.17) is 4.74 Å². The van der Waals surface area contributed by atoms with Gasteiger partial charge >= 0.3 is 12.0 Å². The lowest BCUT2D eigenvalue weighted by Crippen LogP contribution is -2.40. The number of rotatable bonds is 10. The molecule has 2 aromatic rings. The van der Waals surface area contributed by atoms with Gasteiger partial charge in [0, 0.05) is 31.5 Å². The third kappa shape index (κ3) is 7.85. The number of carboxylic acids is 1. The largest absolute Gasteiger partial charge is 0.478 e. The molecule has 1 aliphatic carbocycles. The zero-order valence-corrected chi connectivity index (χ0v) is 21.8. The van der Waals surface area contributed by atoms with Gasteiger partial charge in [-0.05, 0) is 61.1 Å². The summed E-state index contributed by atoms with van der Waals surface area (Å²) in [5.41, 5.74) is 4.64. The number of hydrogen-bond donors (Lipinski definition) is 3. The quantitative estimate of drug-likeness (QED) is 0.327. The van der Waals surface area contributed by atoms with E-state index < -0.39 is 5.97 Å². The highest BCUT2D eigenvalue weighted by Gasteiger charge is 2.25. The first-order valence-corrected chi connectivity index (χ1v) is 12.7. The summed E-state index contributed by atoms with van der Waals surface area (Å²) in [6.07, 6.45) is 7.06. The molecule has 0 saturated heterocycles. The van der Waals surface area contributed by atoms with Gasteiger partial charge in [-0.25, -0.2) is 9.59 Å². The van der Waals surface area contributed by atoms with Crippen molar-refractivity contribution in [3.05, 3.63) is 59.7 Å². The fourth-order valence-electron chi connectivity index (χ4n) is 4.75. The minimum atomic E-state index is -1.04. The van der Waals surface area contributed by atoms with E-state index in [0.717, 1.165) is 36.7 Å². The fourth-order valence-corrected chi connectivity index (χ4v) is 4.75. The van der Waals surface area contributed by atoms with Gasteiger partial charge in [-0.2, -0.15) is 0 Å². The van der Waals surface area contributed by atoms with Crippen LogP contribution in [0.1, 0.15) is 57.1 Å². The summed E-state index contributed by atoms with van der Waals surface area (Å²) >= 11 is 0. The SMILES string of the molecule is COCC(=CC(=O)O)c1ccc(N(CC(C)C)C2CCCCC2)c(NC(=O)Nc2ccc(C)cc2)c1. The van der Waals surface area contributed by atoms with Crippen molar-refractivity contribution in [3.8, 4) is 0 Å². The number of nitrogens with one attached hydrogen (secondary N) is 2. The zero-order valence-electron chi connectivity index (χ0n) is 21.8. The molecule has 0 aromatic heterocycles. The second kappa shape index (κ2) is 13.1. The summed E-state index contributed by atoms with van der Waals surface area (Å²) in [5, 5.41) is 15.3. The Bertz CT molecular complexity index is 1060. The molecule has 7 nitrogen and oxygen atoms in total. The number of urea groups is 1. The highest BCUT2D eigenvalue weighted by molar-refractivity contribution is 6.02. The number of benzene rings is 2. The standard InChI is InChI=1S/C29H39N3O4/c1-20(2)18-32(25-8-6-5-7-9-25)27-15-12-22(23(19-36-4)17-28(33)34)16-26(27)31-29(35)30-24-13-10-21(3)11-14-24/h10-17,20,25H,5-9,18-19H2,1-4H3,(H,33,34)(H2,30,31,35). The Labute approximate surface area is 214 Å². The van der Waals surface area contributed by atoms with Gasteiger partial charge in [0.25, 0.3) is 0 Å². The highest BCUT2D eigenvalue weighted by Crippen LogP contribution is 2.35. The molecule has 0 radical (unpaired) electrons. The van der Waals surface area contributed by atoms with E-state index in [1.165, 1.54) is 26.4 Å². The van der Waals surface area contributed by atoms with Crippen molar-refractivity contribution >= 4 is 34.6 Å². The van der Waals surface area contributed by atoms with Gasteiger partial charge in [-0.3, -0.25) is 0 Å². The van der Waals surface area contributed by atoms with Crippen molar-refractivity contribution in [2.24, 2.45) is 5.92 Å². The number of methoxy groups -OCH3 is 1. The highest BCUT2D eigenvalue weighted by atomic mass is 16.5. The van der Waals surface area contributed by atoms with Crippen LogP contribution in [-0.4, -0.2) is 43.4 Å². The van der Waals surface area contributed by atoms with Crippen LogP contribution in [0.2, 0.25) is 0 Å². The fraction of sp³-hybridized carbons (Fsp3) is 0.448. The van der Waals surface area contributed by atoms with Crippen LogP contribution in [0.15, 0.2) is 48.5 Å². The molecule has 0 aliphatic heterocycles. The van der Waals surface area contributed by atoms with Crippen molar-refractivity contribution in [3.63, 3.8) is 0 Å². The summed E-state index contributed by atoms with van der Waals surface area (Å²) in [6, 6.07) is 13.5. The van der Waals surface area contributed by atoms with Crippen LogP contribution in [0.5, 0.6) is 0 Å². The smallest absolute Gasteiger partial charge is 0.328 e. The van der Waals surface area contributed by atoms with Crippen LogP contribution >= 0.6 is 0 Å². The number of ether oxygens (including phenoxy) is 1. The number of aryl methyl sites for hydroxylation is 1. The molecule has 1 aliphatic rings. The van der Waals surface area contributed by atoms with Crippen molar-refractivity contribution in [1.29, 1.82) is 0 Å². The first-order valence-electron chi connectivity index (χ1n) is 12.7.